The SMILES string of the molecule is Cc1noc2c1-c1c(cnn1CCO)CC2. The molecule has 1 aliphatic rings. The number of aliphatic hydroxyl groups excluding tert-OH is 1. The first-order valence-corrected chi connectivity index (χ1v) is 5.42. The molecule has 1 aliphatic carbocycles. The van der Waals surface area contributed by atoms with Gasteiger partial charge in [0.05, 0.1) is 36.3 Å². The summed E-state index contributed by atoms with van der Waals surface area (Å²) < 4.78 is 7.12. The van der Waals surface area contributed by atoms with E-state index in [1.807, 2.05) is 17.8 Å². The maximum absolute atomic E-state index is 9.01. The number of nitrogens with zero attached hydrogens (tertiary/aromatic N) is 3. The predicted molar refractivity (Wildman–Crippen MR) is 57.0 cm³/mol. The van der Waals surface area contributed by atoms with Crippen molar-refractivity contribution in [3.8, 4) is 11.3 Å². The van der Waals surface area contributed by atoms with E-state index in [1.54, 1.807) is 0 Å². The quantitative estimate of drug-likeness (QED) is 0.816. The molecule has 0 aliphatic heterocycles. The van der Waals surface area contributed by atoms with Gasteiger partial charge in [-0.25, -0.2) is 0 Å². The monoisotopic (exact) mass is 219 g/mol. The van der Waals surface area contributed by atoms with Crippen LogP contribution < -0.4 is 0 Å². The van der Waals surface area contributed by atoms with E-state index in [4.69, 9.17) is 9.63 Å². The van der Waals surface area contributed by atoms with Gasteiger partial charge in [-0.1, -0.05) is 5.16 Å². The fraction of sp³-hybridized carbons (Fsp3) is 0.455. The van der Waals surface area contributed by atoms with Gasteiger partial charge >= 0.3 is 0 Å². The van der Waals surface area contributed by atoms with Crippen LogP contribution in [0.5, 0.6) is 0 Å². The summed E-state index contributed by atoms with van der Waals surface area (Å²) in [5, 5.41) is 17.3. The summed E-state index contributed by atoms with van der Waals surface area (Å²) in [4.78, 5) is 0. The van der Waals surface area contributed by atoms with Crippen LogP contribution in [0.2, 0.25) is 0 Å². The highest BCUT2D eigenvalue weighted by molar-refractivity contribution is 5.69. The summed E-state index contributed by atoms with van der Waals surface area (Å²) in [5.74, 6) is 0.935. The van der Waals surface area contributed by atoms with E-state index in [0.717, 1.165) is 35.6 Å². The van der Waals surface area contributed by atoms with Crippen LogP contribution in [0.4, 0.5) is 0 Å². The Hall–Kier alpha value is -1.62. The molecule has 2 aromatic heterocycles. The number of aryl methyl sites for hydroxylation is 3. The van der Waals surface area contributed by atoms with Crippen molar-refractivity contribution in [3.63, 3.8) is 0 Å². The average Bonchev–Trinajstić information content (AvgIpc) is 2.84. The Morgan fingerprint density at radius 3 is 3.19 bits per heavy atom. The summed E-state index contributed by atoms with van der Waals surface area (Å²) in [6.45, 7) is 2.54. The fourth-order valence-electron chi connectivity index (χ4n) is 2.30. The van der Waals surface area contributed by atoms with E-state index in [0.29, 0.717) is 6.54 Å². The molecule has 1 N–H and O–H groups in total. The average molecular weight is 219 g/mol. The van der Waals surface area contributed by atoms with Crippen LogP contribution >= 0.6 is 0 Å². The van der Waals surface area contributed by atoms with Gasteiger partial charge in [0, 0.05) is 6.42 Å². The minimum absolute atomic E-state index is 0.0911. The molecule has 5 nitrogen and oxygen atoms in total. The minimum Gasteiger partial charge on any atom is -0.394 e. The second-order valence-corrected chi connectivity index (χ2v) is 4.03. The maximum Gasteiger partial charge on any atom is 0.146 e. The lowest BCUT2D eigenvalue weighted by atomic mass is 9.95. The molecular formula is C11H13N3O2. The molecule has 0 saturated carbocycles. The van der Waals surface area contributed by atoms with Crippen molar-refractivity contribution >= 4 is 0 Å². The van der Waals surface area contributed by atoms with Crippen molar-refractivity contribution in [2.75, 3.05) is 6.61 Å². The maximum atomic E-state index is 9.01. The van der Waals surface area contributed by atoms with Gasteiger partial charge in [-0.05, 0) is 18.9 Å². The van der Waals surface area contributed by atoms with Gasteiger partial charge in [-0.15, -0.1) is 0 Å². The van der Waals surface area contributed by atoms with Crippen LogP contribution in [0.25, 0.3) is 11.3 Å². The highest BCUT2D eigenvalue weighted by Crippen LogP contribution is 2.35. The topological polar surface area (TPSA) is 64.1 Å². The van der Waals surface area contributed by atoms with Gasteiger partial charge in [0.25, 0.3) is 0 Å². The molecule has 84 valence electrons. The van der Waals surface area contributed by atoms with Gasteiger partial charge < -0.3 is 9.63 Å². The normalized spacial score (nSPS) is 13.6. The van der Waals surface area contributed by atoms with Gasteiger partial charge in [0.1, 0.15) is 5.76 Å². The predicted octanol–water partition coefficient (Wildman–Crippen LogP) is 0.937. The third-order valence-corrected chi connectivity index (χ3v) is 3.02. The molecular weight excluding hydrogens is 206 g/mol. The van der Waals surface area contributed by atoms with Crippen molar-refractivity contribution in [1.29, 1.82) is 0 Å². The molecule has 16 heavy (non-hydrogen) atoms. The molecule has 2 aromatic rings. The Kier molecular flexibility index (Phi) is 2.07. The van der Waals surface area contributed by atoms with E-state index in [-0.39, 0.29) is 6.61 Å². The lowest BCUT2D eigenvalue weighted by Crippen LogP contribution is -2.09. The Balaban J connectivity index is 2.20. The van der Waals surface area contributed by atoms with Crippen LogP contribution in [-0.4, -0.2) is 26.7 Å². The lowest BCUT2D eigenvalue weighted by molar-refractivity contribution is 0.270. The molecule has 0 unspecified atom stereocenters. The molecule has 5 heteroatoms. The van der Waals surface area contributed by atoms with Gasteiger partial charge in [0.2, 0.25) is 0 Å². The highest BCUT2D eigenvalue weighted by atomic mass is 16.5. The zero-order valence-electron chi connectivity index (χ0n) is 9.10. The molecule has 0 bridgehead atoms. The van der Waals surface area contributed by atoms with E-state index in [9.17, 15) is 0 Å². The van der Waals surface area contributed by atoms with Crippen molar-refractivity contribution in [1.82, 2.24) is 14.9 Å². The number of aliphatic hydroxyl groups is 1. The molecule has 3 rings (SSSR count). The standard InChI is InChI=1S/C11H13N3O2/c1-7-10-9(16-13-7)3-2-8-6-12-14(4-5-15)11(8)10/h6,15H,2-5H2,1H3. The molecule has 0 amide bonds. The van der Waals surface area contributed by atoms with Crippen LogP contribution in [0.3, 0.4) is 0 Å². The Labute approximate surface area is 92.7 Å². The number of rotatable bonds is 2. The minimum atomic E-state index is 0.0911. The van der Waals surface area contributed by atoms with Gasteiger partial charge in [-0.2, -0.15) is 5.10 Å². The Morgan fingerprint density at radius 1 is 1.50 bits per heavy atom. The Bertz CT molecular complexity index is 527. The second-order valence-electron chi connectivity index (χ2n) is 4.03. The van der Waals surface area contributed by atoms with Crippen LogP contribution in [-0.2, 0) is 19.4 Å². The van der Waals surface area contributed by atoms with E-state index in [2.05, 4.69) is 10.3 Å². The summed E-state index contributed by atoms with van der Waals surface area (Å²) >= 11 is 0. The van der Waals surface area contributed by atoms with Gasteiger partial charge in [-0.3, -0.25) is 4.68 Å². The van der Waals surface area contributed by atoms with E-state index >= 15 is 0 Å². The Morgan fingerprint density at radius 2 is 2.38 bits per heavy atom. The molecule has 0 fully saturated rings. The molecule has 0 radical (unpaired) electrons. The molecule has 2 heterocycles. The number of hydrogen-bond acceptors (Lipinski definition) is 4. The zero-order chi connectivity index (χ0) is 11.1. The highest BCUT2D eigenvalue weighted by Gasteiger charge is 2.26. The largest absolute Gasteiger partial charge is 0.394 e. The number of hydrogen-bond donors (Lipinski definition) is 1. The summed E-state index contributed by atoms with van der Waals surface area (Å²) in [7, 11) is 0. The summed E-state index contributed by atoms with van der Waals surface area (Å²) in [5.41, 5.74) is 4.24. The van der Waals surface area contributed by atoms with Gasteiger partial charge in [0.15, 0.2) is 0 Å². The third kappa shape index (κ3) is 1.21. The third-order valence-electron chi connectivity index (χ3n) is 3.02. The number of aromatic nitrogens is 3. The van der Waals surface area contributed by atoms with Crippen molar-refractivity contribution in [2.45, 2.75) is 26.3 Å². The first kappa shape index (κ1) is 9.59. The molecule has 0 atom stereocenters. The fourth-order valence-corrected chi connectivity index (χ4v) is 2.30. The molecule has 0 saturated heterocycles. The van der Waals surface area contributed by atoms with E-state index < -0.39 is 0 Å². The van der Waals surface area contributed by atoms with E-state index in [1.165, 1.54) is 5.56 Å². The number of fused-ring (bicyclic) bond motifs is 3. The van der Waals surface area contributed by atoms with Crippen molar-refractivity contribution < 1.29 is 9.63 Å². The van der Waals surface area contributed by atoms with Crippen LogP contribution in [0.1, 0.15) is 17.0 Å². The zero-order valence-corrected chi connectivity index (χ0v) is 9.10. The van der Waals surface area contributed by atoms with Crippen molar-refractivity contribution in [2.24, 2.45) is 0 Å². The second kappa shape index (κ2) is 3.45. The smallest absolute Gasteiger partial charge is 0.146 e. The first-order chi connectivity index (χ1) is 7.81. The molecule has 0 aromatic carbocycles. The first-order valence-electron chi connectivity index (χ1n) is 5.42. The van der Waals surface area contributed by atoms with Crippen LogP contribution in [0, 0.1) is 6.92 Å². The lowest BCUT2D eigenvalue weighted by Gasteiger charge is -2.13. The van der Waals surface area contributed by atoms with Crippen molar-refractivity contribution in [3.05, 3.63) is 23.2 Å². The molecule has 0 spiro atoms. The van der Waals surface area contributed by atoms with Crippen LogP contribution in [0.15, 0.2) is 10.7 Å². The summed E-state index contributed by atoms with van der Waals surface area (Å²) in [6, 6.07) is 0. The summed E-state index contributed by atoms with van der Waals surface area (Å²) in [6.07, 6.45) is 3.69.